The Morgan fingerprint density at radius 3 is 2.55 bits per heavy atom. The minimum absolute atomic E-state index is 0. The van der Waals surface area contributed by atoms with Crippen LogP contribution in [-0.2, 0) is 13.1 Å². The van der Waals surface area contributed by atoms with Crippen molar-refractivity contribution in [2.75, 3.05) is 26.7 Å². The van der Waals surface area contributed by atoms with Gasteiger partial charge in [-0.3, -0.25) is 4.90 Å². The minimum atomic E-state index is -0.195. The molecule has 1 fully saturated rings. The van der Waals surface area contributed by atoms with Crippen LogP contribution in [0.3, 0.4) is 0 Å². The summed E-state index contributed by atoms with van der Waals surface area (Å²) in [6, 6.07) is 12.2. The average molecular weight is 542 g/mol. The lowest BCUT2D eigenvalue weighted by Gasteiger charge is -2.33. The molecule has 1 aliphatic heterocycles. The van der Waals surface area contributed by atoms with Crippen LogP contribution in [0.2, 0.25) is 0 Å². The predicted molar refractivity (Wildman–Crippen MR) is 133 cm³/mol. The van der Waals surface area contributed by atoms with Gasteiger partial charge in [0, 0.05) is 37.8 Å². The molecule has 0 aliphatic carbocycles. The van der Waals surface area contributed by atoms with Crippen molar-refractivity contribution < 1.29 is 14.2 Å². The number of guanidine groups is 1. The number of likely N-dealkylation sites (tertiary alicyclic amines) is 1. The van der Waals surface area contributed by atoms with Gasteiger partial charge in [0.2, 0.25) is 0 Å². The fraction of sp³-hybridized carbons (Fsp3) is 0.435. The lowest BCUT2D eigenvalue weighted by atomic mass is 10.0. The van der Waals surface area contributed by atoms with Gasteiger partial charge in [-0.15, -0.1) is 24.0 Å². The molecule has 1 heterocycles. The Balaban J connectivity index is 0.00000341. The smallest absolute Gasteiger partial charge is 0.191 e. The normalized spacial score (nSPS) is 15.3. The van der Waals surface area contributed by atoms with E-state index in [9.17, 15) is 9.50 Å². The fourth-order valence-electron chi connectivity index (χ4n) is 3.58. The molecule has 0 radical (unpaired) electrons. The van der Waals surface area contributed by atoms with Crippen LogP contribution >= 0.6 is 24.0 Å². The molecule has 0 bridgehead atoms. The Labute approximate surface area is 200 Å². The summed E-state index contributed by atoms with van der Waals surface area (Å²) in [6.45, 7) is 5.96. The lowest BCUT2D eigenvalue weighted by molar-refractivity contribution is 0.198. The Hall–Kier alpha value is -2.07. The number of benzene rings is 2. The Kier molecular flexibility index (Phi) is 10.3. The Morgan fingerprint density at radius 1 is 1.19 bits per heavy atom. The molecule has 2 aromatic carbocycles. The topological polar surface area (TPSA) is 69.1 Å². The van der Waals surface area contributed by atoms with E-state index in [1.807, 2.05) is 19.1 Å². The maximum Gasteiger partial charge on any atom is 0.191 e. The molecule has 0 spiro atoms. The standard InChI is InChI=1S/C23H31FN4O2.HI/c1-3-25-23(26-15-18-14-21(30-2)8-9-22(18)29)27-20-10-12-28(13-11-20)16-17-4-6-19(24)7-5-17;/h4-9,14,20,29H,3,10-13,15-16H2,1-2H3,(H2,25,26,27);1H. The molecule has 0 atom stereocenters. The summed E-state index contributed by atoms with van der Waals surface area (Å²) < 4.78 is 18.3. The number of nitrogens with zero attached hydrogens (tertiary/aromatic N) is 2. The van der Waals surface area contributed by atoms with Crippen LogP contribution in [0, 0.1) is 5.82 Å². The summed E-state index contributed by atoms with van der Waals surface area (Å²) in [5, 5.41) is 16.9. The zero-order valence-electron chi connectivity index (χ0n) is 18.1. The largest absolute Gasteiger partial charge is 0.508 e. The minimum Gasteiger partial charge on any atom is -0.508 e. The molecule has 0 aromatic heterocycles. The number of rotatable bonds is 7. The quantitative estimate of drug-likeness (QED) is 0.282. The number of aliphatic imine (C=N–C) groups is 1. The van der Waals surface area contributed by atoms with Crippen molar-refractivity contribution in [1.29, 1.82) is 0 Å². The third-order valence-corrected chi connectivity index (χ3v) is 5.29. The molecular formula is C23H32FIN4O2. The molecule has 0 amide bonds. The number of piperidine rings is 1. The average Bonchev–Trinajstić information content (AvgIpc) is 2.76. The van der Waals surface area contributed by atoms with Crippen molar-refractivity contribution in [3.05, 3.63) is 59.4 Å². The molecule has 1 saturated heterocycles. The van der Waals surface area contributed by atoms with Gasteiger partial charge < -0.3 is 20.5 Å². The zero-order valence-corrected chi connectivity index (χ0v) is 20.4. The van der Waals surface area contributed by atoms with E-state index in [4.69, 9.17) is 4.74 Å². The molecule has 170 valence electrons. The van der Waals surface area contributed by atoms with Crippen molar-refractivity contribution in [1.82, 2.24) is 15.5 Å². The number of hydrogen-bond donors (Lipinski definition) is 3. The van der Waals surface area contributed by atoms with Crippen LogP contribution in [0.15, 0.2) is 47.5 Å². The van der Waals surface area contributed by atoms with Gasteiger partial charge in [-0.2, -0.15) is 0 Å². The maximum absolute atomic E-state index is 13.1. The van der Waals surface area contributed by atoms with Crippen LogP contribution in [0.25, 0.3) is 0 Å². The molecule has 0 unspecified atom stereocenters. The zero-order chi connectivity index (χ0) is 21.3. The van der Waals surface area contributed by atoms with E-state index in [1.165, 1.54) is 12.1 Å². The Bertz CT molecular complexity index is 840. The first-order chi connectivity index (χ1) is 14.6. The summed E-state index contributed by atoms with van der Waals surface area (Å²) in [6.07, 6.45) is 2.02. The first-order valence-corrected chi connectivity index (χ1v) is 10.4. The maximum atomic E-state index is 13.1. The van der Waals surface area contributed by atoms with E-state index in [1.54, 1.807) is 25.3 Å². The summed E-state index contributed by atoms with van der Waals surface area (Å²) in [7, 11) is 1.60. The Morgan fingerprint density at radius 2 is 1.90 bits per heavy atom. The number of aromatic hydroxyl groups is 1. The highest BCUT2D eigenvalue weighted by molar-refractivity contribution is 14.0. The van der Waals surface area contributed by atoms with E-state index in [0.29, 0.717) is 18.3 Å². The van der Waals surface area contributed by atoms with Gasteiger partial charge in [0.1, 0.15) is 17.3 Å². The first kappa shape index (κ1) is 25.2. The molecule has 31 heavy (non-hydrogen) atoms. The van der Waals surface area contributed by atoms with E-state index < -0.39 is 0 Å². The second kappa shape index (κ2) is 12.7. The van der Waals surface area contributed by atoms with Crippen LogP contribution in [0.1, 0.15) is 30.9 Å². The SMILES string of the molecule is CCNC(=NCc1cc(OC)ccc1O)NC1CCN(Cc2ccc(F)cc2)CC1.I. The highest BCUT2D eigenvalue weighted by Gasteiger charge is 2.20. The van der Waals surface area contributed by atoms with Crippen molar-refractivity contribution in [2.45, 2.75) is 38.9 Å². The van der Waals surface area contributed by atoms with Gasteiger partial charge in [-0.05, 0) is 55.7 Å². The molecule has 2 aromatic rings. The van der Waals surface area contributed by atoms with E-state index in [2.05, 4.69) is 20.5 Å². The van der Waals surface area contributed by atoms with Crippen molar-refractivity contribution in [3.63, 3.8) is 0 Å². The molecule has 3 N–H and O–H groups in total. The molecule has 6 nitrogen and oxygen atoms in total. The fourth-order valence-corrected chi connectivity index (χ4v) is 3.58. The molecule has 0 saturated carbocycles. The highest BCUT2D eigenvalue weighted by atomic mass is 127. The summed E-state index contributed by atoms with van der Waals surface area (Å²) >= 11 is 0. The lowest BCUT2D eigenvalue weighted by Crippen LogP contribution is -2.48. The first-order valence-electron chi connectivity index (χ1n) is 10.4. The number of nitrogens with one attached hydrogen (secondary N) is 2. The van der Waals surface area contributed by atoms with Gasteiger partial charge in [-0.1, -0.05) is 12.1 Å². The summed E-state index contributed by atoms with van der Waals surface area (Å²) in [4.78, 5) is 7.03. The number of phenols is 1. The molecular weight excluding hydrogens is 510 g/mol. The summed E-state index contributed by atoms with van der Waals surface area (Å²) in [5.41, 5.74) is 1.86. The number of hydrogen-bond acceptors (Lipinski definition) is 4. The van der Waals surface area contributed by atoms with Crippen molar-refractivity contribution >= 4 is 29.9 Å². The van der Waals surface area contributed by atoms with Gasteiger partial charge in [-0.25, -0.2) is 9.38 Å². The van der Waals surface area contributed by atoms with E-state index >= 15 is 0 Å². The summed E-state index contributed by atoms with van der Waals surface area (Å²) in [5.74, 6) is 1.46. The number of phenolic OH excluding ortho intramolecular Hbond substituents is 1. The van der Waals surface area contributed by atoms with E-state index in [0.717, 1.165) is 56.1 Å². The van der Waals surface area contributed by atoms with Crippen LogP contribution < -0.4 is 15.4 Å². The van der Waals surface area contributed by atoms with E-state index in [-0.39, 0.29) is 35.5 Å². The van der Waals surface area contributed by atoms with Crippen LogP contribution in [-0.4, -0.2) is 48.8 Å². The number of ether oxygens (including phenoxy) is 1. The highest BCUT2D eigenvalue weighted by Crippen LogP contribution is 2.23. The second-order valence-electron chi connectivity index (χ2n) is 7.51. The van der Waals surface area contributed by atoms with Crippen molar-refractivity contribution in [3.8, 4) is 11.5 Å². The van der Waals surface area contributed by atoms with Crippen LogP contribution in [0.5, 0.6) is 11.5 Å². The third kappa shape index (κ3) is 7.84. The monoisotopic (exact) mass is 542 g/mol. The predicted octanol–water partition coefficient (Wildman–Crippen LogP) is 3.88. The van der Waals surface area contributed by atoms with Gasteiger partial charge in [0.15, 0.2) is 5.96 Å². The van der Waals surface area contributed by atoms with Gasteiger partial charge >= 0.3 is 0 Å². The molecule has 1 aliphatic rings. The van der Waals surface area contributed by atoms with Gasteiger partial charge in [0.25, 0.3) is 0 Å². The molecule has 3 rings (SSSR count). The third-order valence-electron chi connectivity index (χ3n) is 5.29. The molecule has 8 heteroatoms. The number of methoxy groups -OCH3 is 1. The van der Waals surface area contributed by atoms with Crippen LogP contribution in [0.4, 0.5) is 4.39 Å². The second-order valence-corrected chi connectivity index (χ2v) is 7.51. The van der Waals surface area contributed by atoms with Gasteiger partial charge in [0.05, 0.1) is 13.7 Å². The van der Waals surface area contributed by atoms with Crippen molar-refractivity contribution in [2.24, 2.45) is 4.99 Å². The number of halogens is 2.